The van der Waals surface area contributed by atoms with Gasteiger partial charge in [0.05, 0.1) is 24.9 Å². The first-order valence-corrected chi connectivity index (χ1v) is 7.07. The molecule has 1 saturated carbocycles. The average molecular weight is 268 g/mol. The molecule has 1 aromatic heterocycles. The first kappa shape index (κ1) is 11.9. The molecule has 98 valence electrons. The van der Waals surface area contributed by atoms with Crippen molar-refractivity contribution in [2.45, 2.75) is 31.7 Å². The lowest BCUT2D eigenvalue weighted by atomic mass is 10.2. The lowest BCUT2D eigenvalue weighted by molar-refractivity contribution is 0.0700. The van der Waals surface area contributed by atoms with Crippen molar-refractivity contribution in [3.05, 3.63) is 10.6 Å². The van der Waals surface area contributed by atoms with E-state index in [4.69, 9.17) is 4.74 Å². The van der Waals surface area contributed by atoms with Crippen LogP contribution in [-0.4, -0.2) is 41.9 Å². The molecule has 18 heavy (non-hydrogen) atoms. The topological polar surface area (TPSA) is 62.7 Å². The summed E-state index contributed by atoms with van der Waals surface area (Å²) in [7, 11) is 0. The van der Waals surface area contributed by atoms with Gasteiger partial charge >= 0.3 is 5.97 Å². The molecule has 1 aromatic rings. The molecular formula is C12H16N2O3S. The Bertz CT molecular complexity index is 470. The van der Waals surface area contributed by atoms with Crippen LogP contribution in [0.1, 0.15) is 41.0 Å². The smallest absolute Gasteiger partial charge is 0.347 e. The highest BCUT2D eigenvalue weighted by atomic mass is 32.1. The van der Waals surface area contributed by atoms with Crippen molar-refractivity contribution >= 4 is 22.4 Å². The van der Waals surface area contributed by atoms with Crippen LogP contribution in [-0.2, 0) is 4.74 Å². The Labute approximate surface area is 109 Å². The van der Waals surface area contributed by atoms with Crippen molar-refractivity contribution in [3.8, 4) is 0 Å². The highest BCUT2D eigenvalue weighted by Gasteiger charge is 2.34. The van der Waals surface area contributed by atoms with E-state index < -0.39 is 5.97 Å². The maximum atomic E-state index is 11.3. The second-order valence-electron chi connectivity index (χ2n) is 4.91. The van der Waals surface area contributed by atoms with Crippen molar-refractivity contribution in [1.29, 1.82) is 0 Å². The van der Waals surface area contributed by atoms with Gasteiger partial charge < -0.3 is 14.7 Å². The number of hydrogen-bond acceptors (Lipinski definition) is 5. The molecule has 0 aromatic carbocycles. The largest absolute Gasteiger partial charge is 0.477 e. The van der Waals surface area contributed by atoms with E-state index in [1.54, 1.807) is 0 Å². The van der Waals surface area contributed by atoms with Crippen LogP contribution in [0.5, 0.6) is 0 Å². The number of hydrogen-bond donors (Lipinski definition) is 1. The van der Waals surface area contributed by atoms with Crippen molar-refractivity contribution in [1.82, 2.24) is 4.98 Å². The van der Waals surface area contributed by atoms with E-state index in [2.05, 4.69) is 16.8 Å². The van der Waals surface area contributed by atoms with Gasteiger partial charge in [0.15, 0.2) is 5.13 Å². The molecular weight excluding hydrogens is 252 g/mol. The number of anilines is 1. The molecule has 1 N–H and O–H groups in total. The SMILES string of the molecule is CC1COCCN1c1nc(C2CC2)c(C(=O)O)s1. The van der Waals surface area contributed by atoms with Crippen LogP contribution in [0.25, 0.3) is 0 Å². The van der Waals surface area contributed by atoms with Gasteiger partial charge in [0, 0.05) is 12.5 Å². The molecule has 2 aliphatic rings. The molecule has 1 atom stereocenters. The number of carboxylic acids is 1. The predicted molar refractivity (Wildman–Crippen MR) is 68.7 cm³/mol. The maximum absolute atomic E-state index is 11.3. The zero-order chi connectivity index (χ0) is 12.7. The fraction of sp³-hybridized carbons (Fsp3) is 0.667. The van der Waals surface area contributed by atoms with Gasteiger partial charge in [-0.1, -0.05) is 11.3 Å². The predicted octanol–water partition coefficient (Wildman–Crippen LogP) is 1.94. The molecule has 3 rings (SSSR count). The molecule has 1 saturated heterocycles. The standard InChI is InChI=1S/C12H16N2O3S/c1-7-6-17-5-4-14(7)12-13-9(8-2-3-8)10(18-12)11(15)16/h7-8H,2-6H2,1H3,(H,15,16). The maximum Gasteiger partial charge on any atom is 0.347 e. The Morgan fingerprint density at radius 3 is 2.94 bits per heavy atom. The number of nitrogens with zero attached hydrogens (tertiary/aromatic N) is 2. The Hall–Kier alpha value is -1.14. The number of ether oxygens (including phenoxy) is 1. The Balaban J connectivity index is 1.92. The minimum atomic E-state index is -0.846. The quantitative estimate of drug-likeness (QED) is 0.907. The van der Waals surface area contributed by atoms with Crippen LogP contribution in [0.2, 0.25) is 0 Å². The minimum Gasteiger partial charge on any atom is -0.477 e. The second-order valence-corrected chi connectivity index (χ2v) is 5.89. The Kier molecular flexibility index (Phi) is 2.99. The Morgan fingerprint density at radius 2 is 2.33 bits per heavy atom. The summed E-state index contributed by atoms with van der Waals surface area (Å²) in [5, 5.41) is 10.1. The third-order valence-corrected chi connectivity index (χ3v) is 4.51. The fourth-order valence-electron chi connectivity index (χ4n) is 2.24. The van der Waals surface area contributed by atoms with Crippen LogP contribution < -0.4 is 4.90 Å². The van der Waals surface area contributed by atoms with Crippen LogP contribution in [0.3, 0.4) is 0 Å². The van der Waals surface area contributed by atoms with Gasteiger partial charge in [-0.25, -0.2) is 9.78 Å². The molecule has 5 nitrogen and oxygen atoms in total. The first-order chi connectivity index (χ1) is 8.66. The van der Waals surface area contributed by atoms with Crippen LogP contribution in [0.15, 0.2) is 0 Å². The minimum absolute atomic E-state index is 0.263. The van der Waals surface area contributed by atoms with Crippen LogP contribution in [0.4, 0.5) is 5.13 Å². The summed E-state index contributed by atoms with van der Waals surface area (Å²) in [4.78, 5) is 18.4. The summed E-state index contributed by atoms with van der Waals surface area (Å²) in [6.07, 6.45) is 2.14. The van der Waals surface area contributed by atoms with Crippen molar-refractivity contribution < 1.29 is 14.6 Å². The molecule has 1 unspecified atom stereocenters. The molecule has 2 heterocycles. The van der Waals surface area contributed by atoms with Gasteiger partial charge in [-0.15, -0.1) is 0 Å². The van der Waals surface area contributed by atoms with E-state index in [1.165, 1.54) is 11.3 Å². The van der Waals surface area contributed by atoms with Gasteiger partial charge in [0.1, 0.15) is 4.88 Å². The summed E-state index contributed by atoms with van der Waals surface area (Å²) in [6, 6.07) is 0.263. The lowest BCUT2D eigenvalue weighted by Gasteiger charge is -2.32. The third kappa shape index (κ3) is 2.10. The van der Waals surface area contributed by atoms with Gasteiger partial charge in [-0.2, -0.15) is 0 Å². The van der Waals surface area contributed by atoms with Gasteiger partial charge in [-0.3, -0.25) is 0 Å². The number of rotatable bonds is 3. The number of carboxylic acid groups (broad SMARTS) is 1. The summed E-state index contributed by atoms with van der Waals surface area (Å²) < 4.78 is 5.40. The fourth-order valence-corrected chi connectivity index (χ4v) is 3.36. The van der Waals surface area contributed by atoms with E-state index in [9.17, 15) is 9.90 Å². The molecule has 0 bridgehead atoms. The molecule has 2 fully saturated rings. The normalized spacial score (nSPS) is 24.3. The van der Waals surface area contributed by atoms with E-state index in [-0.39, 0.29) is 6.04 Å². The zero-order valence-corrected chi connectivity index (χ0v) is 11.1. The molecule has 0 spiro atoms. The lowest BCUT2D eigenvalue weighted by Crippen LogP contribution is -2.43. The van der Waals surface area contributed by atoms with Gasteiger partial charge in [0.25, 0.3) is 0 Å². The number of aromatic carboxylic acids is 1. The first-order valence-electron chi connectivity index (χ1n) is 6.25. The van der Waals surface area contributed by atoms with Crippen molar-refractivity contribution in [3.63, 3.8) is 0 Å². The van der Waals surface area contributed by atoms with Crippen LogP contribution >= 0.6 is 11.3 Å². The molecule has 1 aliphatic carbocycles. The molecule has 1 aliphatic heterocycles. The number of morpholine rings is 1. The van der Waals surface area contributed by atoms with Crippen molar-refractivity contribution in [2.24, 2.45) is 0 Å². The summed E-state index contributed by atoms with van der Waals surface area (Å²) in [5.41, 5.74) is 0.793. The number of carbonyl (C=O) groups is 1. The third-order valence-electron chi connectivity index (χ3n) is 3.41. The number of thiazole rings is 1. The number of aromatic nitrogens is 1. The summed E-state index contributed by atoms with van der Waals surface area (Å²) in [6.45, 7) is 4.24. The molecule has 6 heteroatoms. The monoisotopic (exact) mass is 268 g/mol. The van der Waals surface area contributed by atoms with Gasteiger partial charge in [0.2, 0.25) is 0 Å². The van der Waals surface area contributed by atoms with E-state index in [0.29, 0.717) is 24.0 Å². The van der Waals surface area contributed by atoms with E-state index >= 15 is 0 Å². The zero-order valence-electron chi connectivity index (χ0n) is 10.3. The van der Waals surface area contributed by atoms with Crippen LogP contribution in [0, 0.1) is 0 Å². The molecule has 0 radical (unpaired) electrons. The highest BCUT2D eigenvalue weighted by Crippen LogP contribution is 2.44. The summed E-state index contributed by atoms with van der Waals surface area (Å²) >= 11 is 1.31. The van der Waals surface area contributed by atoms with Crippen molar-refractivity contribution in [2.75, 3.05) is 24.7 Å². The van der Waals surface area contributed by atoms with E-state index in [1.807, 2.05) is 0 Å². The average Bonchev–Trinajstić information content (AvgIpc) is 3.09. The van der Waals surface area contributed by atoms with Gasteiger partial charge in [-0.05, 0) is 19.8 Å². The Morgan fingerprint density at radius 1 is 1.56 bits per heavy atom. The van der Waals surface area contributed by atoms with E-state index in [0.717, 1.165) is 30.2 Å². The summed E-state index contributed by atoms with van der Waals surface area (Å²) in [5.74, 6) is -0.473. The second kappa shape index (κ2) is 4.51. The highest BCUT2D eigenvalue weighted by molar-refractivity contribution is 7.17. The molecule has 0 amide bonds.